The highest BCUT2D eigenvalue weighted by Crippen LogP contribution is 2.25. The highest BCUT2D eigenvalue weighted by molar-refractivity contribution is 7.89. The van der Waals surface area contributed by atoms with Gasteiger partial charge in [-0.15, -0.1) is 11.3 Å². The highest BCUT2D eigenvalue weighted by Gasteiger charge is 2.23. The molecule has 0 amide bonds. The van der Waals surface area contributed by atoms with Crippen LogP contribution in [0.4, 0.5) is 0 Å². The summed E-state index contributed by atoms with van der Waals surface area (Å²) in [5.74, 6) is -0.0797. The van der Waals surface area contributed by atoms with E-state index in [2.05, 4.69) is 5.16 Å². The lowest BCUT2D eigenvalue weighted by molar-refractivity contribution is -0.145. The van der Waals surface area contributed by atoms with E-state index in [1.807, 2.05) is 24.4 Å². The van der Waals surface area contributed by atoms with Gasteiger partial charge >= 0.3 is 5.97 Å². The molecule has 9 heteroatoms. The lowest BCUT2D eigenvalue weighted by Crippen LogP contribution is -2.33. The molecule has 0 aliphatic heterocycles. The summed E-state index contributed by atoms with van der Waals surface area (Å²) in [6, 6.07) is 11.9. The molecule has 142 valence electrons. The van der Waals surface area contributed by atoms with Gasteiger partial charge in [0.25, 0.3) is 0 Å². The van der Waals surface area contributed by atoms with E-state index >= 15 is 0 Å². The molecule has 0 radical (unpaired) electrons. The zero-order valence-corrected chi connectivity index (χ0v) is 16.4. The third-order valence-electron chi connectivity index (χ3n) is 3.78. The fourth-order valence-electron chi connectivity index (χ4n) is 2.27. The van der Waals surface area contributed by atoms with Crippen LogP contribution in [-0.4, -0.2) is 37.4 Å². The normalized spacial score (nSPS) is 11.7. The molecule has 0 fully saturated rings. The highest BCUT2D eigenvalue weighted by atomic mass is 32.2. The molecular formula is C18H18N2O5S2. The summed E-state index contributed by atoms with van der Waals surface area (Å²) in [5.41, 5.74) is 1.40. The van der Waals surface area contributed by atoms with Gasteiger partial charge in [0.15, 0.2) is 5.76 Å². The number of carbonyl (C=O) groups excluding carboxylic acids is 1. The topological polar surface area (TPSA) is 89.7 Å². The van der Waals surface area contributed by atoms with Crippen LogP contribution in [-0.2, 0) is 26.2 Å². The summed E-state index contributed by atoms with van der Waals surface area (Å²) in [6.45, 7) is 1.38. The van der Waals surface area contributed by atoms with Gasteiger partial charge in [-0.2, -0.15) is 4.31 Å². The smallest absolute Gasteiger partial charge is 0.321 e. The van der Waals surface area contributed by atoms with Crippen LogP contribution in [0, 0.1) is 6.92 Å². The Hall–Kier alpha value is -2.49. The molecule has 0 saturated heterocycles. The molecule has 2 aromatic heterocycles. The number of nitrogens with zero attached hydrogens (tertiary/aromatic N) is 2. The third kappa shape index (κ3) is 4.62. The maximum atomic E-state index is 12.5. The first-order chi connectivity index (χ1) is 12.9. The second-order valence-corrected chi connectivity index (χ2v) is 8.89. The summed E-state index contributed by atoms with van der Waals surface area (Å²) in [6.07, 6.45) is 0. The number of ether oxygens (including phenoxy) is 1. The fraction of sp³-hybridized carbons (Fsp3) is 0.222. The number of sulfonamides is 1. The van der Waals surface area contributed by atoms with Crippen molar-refractivity contribution >= 4 is 27.3 Å². The minimum atomic E-state index is -3.76. The van der Waals surface area contributed by atoms with E-state index in [0.29, 0.717) is 11.5 Å². The van der Waals surface area contributed by atoms with Crippen LogP contribution >= 0.6 is 11.3 Å². The standard InChI is InChI=1S/C18H18N2O5S2/c1-13-5-7-15(8-6-13)27(22,23)20(2)11-18(21)24-12-14-10-16(25-19-14)17-4-3-9-26-17/h3-10H,11-12H2,1-2H3. The van der Waals surface area contributed by atoms with Gasteiger partial charge in [0.2, 0.25) is 10.0 Å². The molecule has 1 aromatic carbocycles. The number of esters is 1. The Morgan fingerprint density at radius 1 is 1.26 bits per heavy atom. The molecule has 0 unspecified atom stereocenters. The Balaban J connectivity index is 1.56. The SMILES string of the molecule is Cc1ccc(S(=O)(=O)N(C)CC(=O)OCc2cc(-c3cccs3)on2)cc1. The Bertz CT molecular complexity index is 1010. The number of likely N-dealkylation sites (N-methyl/N-ethyl adjacent to an activating group) is 1. The monoisotopic (exact) mass is 406 g/mol. The van der Waals surface area contributed by atoms with Crippen molar-refractivity contribution in [3.05, 3.63) is 59.1 Å². The Morgan fingerprint density at radius 2 is 2.00 bits per heavy atom. The molecule has 0 saturated carbocycles. The van der Waals surface area contributed by atoms with Gasteiger partial charge in [-0.05, 0) is 30.5 Å². The zero-order chi connectivity index (χ0) is 19.4. The molecule has 0 aliphatic carbocycles. The Labute approximate surface area is 161 Å². The van der Waals surface area contributed by atoms with E-state index in [1.165, 1.54) is 30.5 Å². The molecule has 3 aromatic rings. The number of benzene rings is 1. The van der Waals surface area contributed by atoms with Crippen LogP contribution in [0.1, 0.15) is 11.3 Å². The molecule has 0 N–H and O–H groups in total. The minimum absolute atomic E-state index is 0.0911. The summed E-state index contributed by atoms with van der Waals surface area (Å²) in [4.78, 5) is 13.1. The molecule has 0 aliphatic rings. The maximum Gasteiger partial charge on any atom is 0.321 e. The lowest BCUT2D eigenvalue weighted by atomic mass is 10.2. The number of rotatable bonds is 7. The van der Waals surface area contributed by atoms with Crippen molar-refractivity contribution in [2.24, 2.45) is 0 Å². The van der Waals surface area contributed by atoms with E-state index in [4.69, 9.17) is 9.26 Å². The van der Waals surface area contributed by atoms with Crippen molar-refractivity contribution in [3.8, 4) is 10.6 Å². The van der Waals surface area contributed by atoms with Gasteiger partial charge in [0.1, 0.15) is 18.8 Å². The van der Waals surface area contributed by atoms with Crippen LogP contribution in [0.5, 0.6) is 0 Å². The van der Waals surface area contributed by atoms with Crippen molar-refractivity contribution in [1.29, 1.82) is 0 Å². The van der Waals surface area contributed by atoms with E-state index in [9.17, 15) is 13.2 Å². The van der Waals surface area contributed by atoms with Crippen molar-refractivity contribution in [2.45, 2.75) is 18.4 Å². The average molecular weight is 406 g/mol. The van der Waals surface area contributed by atoms with Crippen LogP contribution < -0.4 is 0 Å². The number of aromatic nitrogens is 1. The van der Waals surface area contributed by atoms with Crippen molar-refractivity contribution < 1.29 is 22.5 Å². The number of carbonyl (C=O) groups is 1. The molecule has 2 heterocycles. The first kappa shape index (κ1) is 19.3. The van der Waals surface area contributed by atoms with Crippen molar-refractivity contribution in [3.63, 3.8) is 0 Å². The van der Waals surface area contributed by atoms with Gasteiger partial charge in [0.05, 0.1) is 9.77 Å². The Kier molecular flexibility index (Phi) is 5.73. The number of hydrogen-bond donors (Lipinski definition) is 0. The Morgan fingerprint density at radius 3 is 2.67 bits per heavy atom. The molecule has 27 heavy (non-hydrogen) atoms. The second kappa shape index (κ2) is 8.03. The predicted molar refractivity (Wildman–Crippen MR) is 101 cm³/mol. The fourth-order valence-corrected chi connectivity index (χ4v) is 4.06. The third-order valence-corrected chi connectivity index (χ3v) is 6.49. The number of aryl methyl sites for hydroxylation is 1. The van der Waals surface area contributed by atoms with Crippen molar-refractivity contribution in [1.82, 2.24) is 9.46 Å². The van der Waals surface area contributed by atoms with E-state index < -0.39 is 22.5 Å². The molecule has 3 rings (SSSR count). The summed E-state index contributed by atoms with van der Waals surface area (Å²) >= 11 is 1.51. The maximum absolute atomic E-state index is 12.5. The molecular weight excluding hydrogens is 388 g/mol. The lowest BCUT2D eigenvalue weighted by Gasteiger charge is -2.16. The first-order valence-electron chi connectivity index (χ1n) is 8.04. The summed E-state index contributed by atoms with van der Waals surface area (Å²) in [5, 5.41) is 5.77. The van der Waals surface area contributed by atoms with E-state index in [0.717, 1.165) is 14.7 Å². The largest absolute Gasteiger partial charge is 0.458 e. The quantitative estimate of drug-likeness (QED) is 0.560. The van der Waals surface area contributed by atoms with E-state index in [1.54, 1.807) is 18.2 Å². The second-order valence-electron chi connectivity index (χ2n) is 5.89. The van der Waals surface area contributed by atoms with Gasteiger partial charge < -0.3 is 9.26 Å². The molecule has 0 bridgehead atoms. The minimum Gasteiger partial charge on any atom is -0.458 e. The molecule has 7 nitrogen and oxygen atoms in total. The molecule has 0 spiro atoms. The van der Waals surface area contributed by atoms with Gasteiger partial charge in [-0.3, -0.25) is 4.79 Å². The van der Waals surface area contributed by atoms with Crippen LogP contribution in [0.25, 0.3) is 10.6 Å². The van der Waals surface area contributed by atoms with Gasteiger partial charge in [0, 0.05) is 13.1 Å². The predicted octanol–water partition coefficient (Wildman–Crippen LogP) is 3.08. The van der Waals surface area contributed by atoms with Crippen LogP contribution in [0.15, 0.2) is 57.3 Å². The first-order valence-corrected chi connectivity index (χ1v) is 10.4. The van der Waals surface area contributed by atoms with E-state index in [-0.39, 0.29) is 11.5 Å². The number of thiophene rings is 1. The van der Waals surface area contributed by atoms with Crippen LogP contribution in [0.2, 0.25) is 0 Å². The average Bonchev–Trinajstić information content (AvgIpc) is 3.31. The molecule has 0 atom stereocenters. The summed E-state index contributed by atoms with van der Waals surface area (Å²) in [7, 11) is -2.42. The van der Waals surface area contributed by atoms with Crippen molar-refractivity contribution in [2.75, 3.05) is 13.6 Å². The zero-order valence-electron chi connectivity index (χ0n) is 14.8. The number of hydrogen-bond acceptors (Lipinski definition) is 7. The summed E-state index contributed by atoms with van der Waals surface area (Å²) < 4.78 is 36.2. The van der Waals surface area contributed by atoms with Gasteiger partial charge in [-0.1, -0.05) is 28.9 Å². The van der Waals surface area contributed by atoms with Gasteiger partial charge in [-0.25, -0.2) is 8.42 Å². The van der Waals surface area contributed by atoms with Crippen LogP contribution in [0.3, 0.4) is 0 Å².